The molecule has 0 amide bonds. The van der Waals surface area contributed by atoms with Gasteiger partial charge in [0.25, 0.3) is 0 Å². The maximum Gasteiger partial charge on any atom is 0.0725 e. The fourth-order valence-corrected chi connectivity index (χ4v) is 9.31. The zero-order valence-corrected chi connectivity index (χ0v) is 28.1. The first-order valence-corrected chi connectivity index (χ1v) is 17.9. The summed E-state index contributed by atoms with van der Waals surface area (Å²) in [4.78, 5) is 0. The predicted molar refractivity (Wildman–Crippen MR) is 212 cm³/mol. The van der Waals surface area contributed by atoms with Crippen molar-refractivity contribution >= 4 is 21.8 Å². The van der Waals surface area contributed by atoms with E-state index in [-0.39, 0.29) is 5.41 Å². The van der Waals surface area contributed by atoms with Crippen LogP contribution in [0.4, 0.5) is 0 Å². The lowest BCUT2D eigenvalue weighted by Crippen LogP contribution is -2.26. The number of aromatic nitrogens is 1. The maximum absolute atomic E-state index is 2.50. The normalized spacial score (nSPS) is 13.3. The van der Waals surface area contributed by atoms with Gasteiger partial charge in [0.1, 0.15) is 0 Å². The van der Waals surface area contributed by atoms with Crippen LogP contribution in [0.5, 0.6) is 0 Å². The van der Waals surface area contributed by atoms with Gasteiger partial charge in [0, 0.05) is 16.5 Å². The van der Waals surface area contributed by atoms with E-state index in [1.807, 2.05) is 0 Å². The molecule has 1 aromatic heterocycles. The van der Waals surface area contributed by atoms with Crippen LogP contribution in [0.3, 0.4) is 0 Å². The molecular weight excluding hydrogens is 615 g/mol. The third-order valence-electron chi connectivity index (χ3n) is 11.5. The van der Waals surface area contributed by atoms with E-state index in [4.69, 9.17) is 0 Å². The second kappa shape index (κ2) is 10.8. The lowest BCUT2D eigenvalue weighted by Gasteiger charge is -2.30. The molecule has 0 N–H and O–H groups in total. The summed E-state index contributed by atoms with van der Waals surface area (Å²) in [6.07, 6.45) is 0.885. The Morgan fingerprint density at radius 1 is 0.353 bits per heavy atom. The average Bonchev–Trinajstić information content (AvgIpc) is 3.80. The monoisotopic (exact) mass is 647 g/mol. The molecule has 0 bridgehead atoms. The summed E-state index contributed by atoms with van der Waals surface area (Å²) in [5.41, 5.74) is 19.4. The average molecular weight is 648 g/mol. The van der Waals surface area contributed by atoms with E-state index in [2.05, 4.69) is 193 Å². The highest BCUT2D eigenvalue weighted by atomic mass is 15.0. The molecule has 8 aromatic carbocycles. The number of hydrogen-bond acceptors (Lipinski definition) is 0. The minimum absolute atomic E-state index is 0.301. The smallest absolute Gasteiger partial charge is 0.0725 e. The van der Waals surface area contributed by atoms with Crippen LogP contribution in [0.1, 0.15) is 33.4 Å². The number of fused-ring (bicyclic) bond motifs is 13. The Labute approximate surface area is 297 Å². The van der Waals surface area contributed by atoms with Crippen molar-refractivity contribution in [2.45, 2.75) is 11.8 Å². The van der Waals surface area contributed by atoms with Crippen LogP contribution in [-0.4, -0.2) is 4.57 Å². The lowest BCUT2D eigenvalue weighted by atomic mass is 9.70. The van der Waals surface area contributed by atoms with E-state index in [1.165, 1.54) is 94.3 Å². The van der Waals surface area contributed by atoms with Gasteiger partial charge in [0.2, 0.25) is 0 Å². The van der Waals surface area contributed by atoms with Crippen molar-refractivity contribution < 1.29 is 0 Å². The molecule has 2 aliphatic rings. The quantitative estimate of drug-likeness (QED) is 0.179. The Kier molecular flexibility index (Phi) is 6.00. The van der Waals surface area contributed by atoms with Crippen LogP contribution in [0.15, 0.2) is 188 Å². The Morgan fingerprint density at radius 3 is 1.33 bits per heavy atom. The standard InChI is InChI=1S/C50H33N/c1-6-16-44-38(11-1)39-12-2-7-17-45(39)50(44)46-18-8-3-13-40(46)41-30-23-34(32-47(41)50)31-33-21-24-35(25-22-33)36-26-28-37(29-27-36)51-48-19-9-4-14-42(48)43-15-5-10-20-49(43)51/h1-30,32H,31H2. The molecule has 1 nitrogen and oxygen atoms in total. The Morgan fingerprint density at radius 2 is 0.784 bits per heavy atom. The van der Waals surface area contributed by atoms with Gasteiger partial charge >= 0.3 is 0 Å². The van der Waals surface area contributed by atoms with Crippen molar-refractivity contribution in [2.24, 2.45) is 0 Å². The predicted octanol–water partition coefficient (Wildman–Crippen LogP) is 12.4. The van der Waals surface area contributed by atoms with Gasteiger partial charge in [0.15, 0.2) is 0 Å². The molecule has 9 aromatic rings. The molecule has 0 unspecified atom stereocenters. The van der Waals surface area contributed by atoms with Crippen molar-refractivity contribution in [1.29, 1.82) is 0 Å². The largest absolute Gasteiger partial charge is 0.309 e. The molecule has 0 fully saturated rings. The maximum atomic E-state index is 2.50. The van der Waals surface area contributed by atoms with Crippen molar-refractivity contribution in [2.75, 3.05) is 0 Å². The van der Waals surface area contributed by atoms with Crippen LogP contribution in [0.25, 0.3) is 60.9 Å². The van der Waals surface area contributed by atoms with Crippen LogP contribution < -0.4 is 0 Å². The van der Waals surface area contributed by atoms with Crippen LogP contribution >= 0.6 is 0 Å². The highest BCUT2D eigenvalue weighted by molar-refractivity contribution is 6.09. The minimum atomic E-state index is -0.301. The second-order valence-corrected chi connectivity index (χ2v) is 14.1. The molecule has 51 heavy (non-hydrogen) atoms. The Balaban J connectivity index is 0.935. The van der Waals surface area contributed by atoms with Gasteiger partial charge in [-0.25, -0.2) is 0 Å². The van der Waals surface area contributed by atoms with E-state index in [9.17, 15) is 0 Å². The number of rotatable bonds is 4. The van der Waals surface area contributed by atoms with Crippen LogP contribution in [0.2, 0.25) is 0 Å². The molecule has 0 saturated carbocycles. The first-order valence-electron chi connectivity index (χ1n) is 17.9. The molecular formula is C50H33N. The molecule has 2 aliphatic carbocycles. The van der Waals surface area contributed by atoms with E-state index >= 15 is 0 Å². The fourth-order valence-electron chi connectivity index (χ4n) is 9.31. The fraction of sp³-hybridized carbons (Fsp3) is 0.0400. The van der Waals surface area contributed by atoms with E-state index in [0.717, 1.165) is 6.42 Å². The topological polar surface area (TPSA) is 4.93 Å². The number of hydrogen-bond donors (Lipinski definition) is 0. The Hall–Kier alpha value is -6.44. The molecule has 0 saturated heterocycles. The number of para-hydroxylation sites is 2. The number of benzene rings is 8. The molecule has 1 heterocycles. The molecule has 238 valence electrons. The second-order valence-electron chi connectivity index (χ2n) is 14.1. The lowest BCUT2D eigenvalue weighted by molar-refractivity contribution is 0.792. The molecule has 11 rings (SSSR count). The van der Waals surface area contributed by atoms with E-state index in [0.29, 0.717) is 0 Å². The van der Waals surface area contributed by atoms with Crippen molar-refractivity contribution in [3.63, 3.8) is 0 Å². The van der Waals surface area contributed by atoms with Crippen LogP contribution in [-0.2, 0) is 11.8 Å². The molecule has 0 aliphatic heterocycles. The molecule has 0 radical (unpaired) electrons. The van der Waals surface area contributed by atoms with Gasteiger partial charge in [-0.15, -0.1) is 0 Å². The summed E-state index contributed by atoms with van der Waals surface area (Å²) in [7, 11) is 0. The van der Waals surface area contributed by atoms with Gasteiger partial charge in [-0.2, -0.15) is 0 Å². The van der Waals surface area contributed by atoms with Gasteiger partial charge in [-0.05, 0) is 97.4 Å². The van der Waals surface area contributed by atoms with Gasteiger partial charge in [-0.1, -0.05) is 164 Å². The van der Waals surface area contributed by atoms with Gasteiger partial charge < -0.3 is 4.57 Å². The molecule has 0 atom stereocenters. The Bertz CT molecular complexity index is 2700. The zero-order chi connectivity index (χ0) is 33.5. The highest BCUT2D eigenvalue weighted by Gasteiger charge is 2.51. The summed E-state index contributed by atoms with van der Waals surface area (Å²) >= 11 is 0. The summed E-state index contributed by atoms with van der Waals surface area (Å²) < 4.78 is 2.37. The van der Waals surface area contributed by atoms with Crippen LogP contribution in [0, 0.1) is 0 Å². The van der Waals surface area contributed by atoms with Gasteiger partial charge in [0.05, 0.1) is 16.4 Å². The SMILES string of the molecule is c1ccc2c(c1)-c1ccccc1C21c2ccccc2-c2ccc(Cc3ccc(-c4ccc(-n5c6ccccc6c6ccccc65)cc4)cc3)cc21. The minimum Gasteiger partial charge on any atom is -0.309 e. The first-order chi connectivity index (χ1) is 25.3. The highest BCUT2D eigenvalue weighted by Crippen LogP contribution is 2.62. The van der Waals surface area contributed by atoms with Crippen molar-refractivity contribution in [3.8, 4) is 39.1 Å². The van der Waals surface area contributed by atoms with E-state index in [1.54, 1.807) is 0 Å². The molecule has 1 heteroatoms. The summed E-state index contributed by atoms with van der Waals surface area (Å²) in [5, 5.41) is 2.57. The summed E-state index contributed by atoms with van der Waals surface area (Å²) in [6, 6.07) is 69.8. The molecule has 1 spiro atoms. The van der Waals surface area contributed by atoms with Crippen molar-refractivity contribution in [1.82, 2.24) is 4.57 Å². The van der Waals surface area contributed by atoms with E-state index < -0.39 is 0 Å². The number of nitrogens with zero attached hydrogens (tertiary/aromatic N) is 1. The van der Waals surface area contributed by atoms with Crippen molar-refractivity contribution in [3.05, 3.63) is 221 Å². The third kappa shape index (κ3) is 3.98. The summed E-state index contributed by atoms with van der Waals surface area (Å²) in [5.74, 6) is 0. The van der Waals surface area contributed by atoms with Gasteiger partial charge in [-0.3, -0.25) is 0 Å². The summed E-state index contributed by atoms with van der Waals surface area (Å²) in [6.45, 7) is 0. The first kappa shape index (κ1) is 28.4. The zero-order valence-electron chi connectivity index (χ0n) is 28.1. The third-order valence-corrected chi connectivity index (χ3v) is 11.5.